The van der Waals surface area contributed by atoms with Gasteiger partial charge in [-0.25, -0.2) is 4.79 Å². The van der Waals surface area contributed by atoms with Crippen molar-refractivity contribution in [3.8, 4) is 11.5 Å². The van der Waals surface area contributed by atoms with Crippen molar-refractivity contribution in [2.24, 2.45) is 0 Å². The Labute approximate surface area is 122 Å². The molecule has 0 spiro atoms. The normalized spacial score (nSPS) is 25.9. The van der Waals surface area contributed by atoms with Crippen LogP contribution in [0.5, 0.6) is 11.5 Å². The zero-order valence-corrected chi connectivity index (χ0v) is 11.7. The van der Waals surface area contributed by atoms with Gasteiger partial charge in [0.25, 0.3) is 0 Å². The molecule has 0 aliphatic carbocycles. The van der Waals surface area contributed by atoms with Gasteiger partial charge in [-0.05, 0) is 25.0 Å². The molecule has 0 fully saturated rings. The summed E-state index contributed by atoms with van der Waals surface area (Å²) >= 11 is 0. The summed E-state index contributed by atoms with van der Waals surface area (Å²) in [4.78, 5) is 12.2. The Hall–Kier alpha value is -2.27. The van der Waals surface area contributed by atoms with E-state index in [1.807, 2.05) is 12.2 Å². The van der Waals surface area contributed by atoms with E-state index in [1.165, 1.54) is 18.2 Å². The Morgan fingerprint density at radius 1 is 1.19 bits per heavy atom. The summed E-state index contributed by atoms with van der Waals surface area (Å²) in [6, 6.07) is 2.42. The fourth-order valence-corrected chi connectivity index (χ4v) is 2.09. The monoisotopic (exact) mass is 290 g/mol. The summed E-state index contributed by atoms with van der Waals surface area (Å²) in [5, 5.41) is 29.2. The van der Waals surface area contributed by atoms with Gasteiger partial charge in [-0.15, -0.1) is 0 Å². The van der Waals surface area contributed by atoms with Crippen molar-refractivity contribution < 1.29 is 24.9 Å². The molecule has 3 N–H and O–H groups in total. The van der Waals surface area contributed by atoms with Crippen LogP contribution in [0.15, 0.2) is 30.4 Å². The van der Waals surface area contributed by atoms with E-state index in [0.29, 0.717) is 18.4 Å². The molecular formula is C16H18O5. The van der Waals surface area contributed by atoms with E-state index in [1.54, 1.807) is 6.92 Å². The summed E-state index contributed by atoms with van der Waals surface area (Å²) in [6.07, 6.45) is 6.56. The molecule has 1 aliphatic heterocycles. The van der Waals surface area contributed by atoms with Gasteiger partial charge in [0.1, 0.15) is 23.2 Å². The van der Waals surface area contributed by atoms with E-state index < -0.39 is 12.1 Å². The number of aliphatic hydroxyl groups excluding tert-OH is 1. The van der Waals surface area contributed by atoms with Crippen LogP contribution in [0, 0.1) is 0 Å². The van der Waals surface area contributed by atoms with Crippen molar-refractivity contribution in [3.05, 3.63) is 41.5 Å². The molecule has 0 unspecified atom stereocenters. The minimum atomic E-state index is -0.704. The average Bonchev–Trinajstić information content (AvgIpc) is 2.39. The lowest BCUT2D eigenvalue weighted by Gasteiger charge is -2.15. The number of benzene rings is 1. The van der Waals surface area contributed by atoms with Gasteiger partial charge >= 0.3 is 5.97 Å². The Morgan fingerprint density at radius 2 is 1.90 bits per heavy atom. The largest absolute Gasteiger partial charge is 0.508 e. The van der Waals surface area contributed by atoms with Crippen LogP contribution in [0.25, 0.3) is 6.08 Å². The quantitative estimate of drug-likeness (QED) is 0.504. The zero-order chi connectivity index (χ0) is 15.4. The van der Waals surface area contributed by atoms with E-state index in [0.717, 1.165) is 6.07 Å². The number of fused-ring (bicyclic) bond motifs is 1. The third kappa shape index (κ3) is 3.86. The van der Waals surface area contributed by atoms with Gasteiger partial charge in [0.2, 0.25) is 0 Å². The fourth-order valence-electron chi connectivity index (χ4n) is 2.09. The summed E-state index contributed by atoms with van der Waals surface area (Å²) in [5.41, 5.74) is 0.279. The van der Waals surface area contributed by atoms with Crippen molar-refractivity contribution in [2.75, 3.05) is 0 Å². The van der Waals surface area contributed by atoms with Gasteiger partial charge < -0.3 is 20.1 Å². The minimum absolute atomic E-state index is 0.0207. The molecule has 1 aliphatic rings. The lowest BCUT2D eigenvalue weighted by Crippen LogP contribution is -2.16. The first kappa shape index (κ1) is 15.1. The maximum absolute atomic E-state index is 12.2. The number of cyclic esters (lactones) is 1. The number of hydrogen-bond acceptors (Lipinski definition) is 5. The summed E-state index contributed by atoms with van der Waals surface area (Å²) < 4.78 is 5.27. The number of aromatic hydroxyl groups is 2. The lowest BCUT2D eigenvalue weighted by atomic mass is 10.0. The number of phenols is 2. The predicted octanol–water partition coefficient (Wildman–Crippen LogP) is 2.37. The van der Waals surface area contributed by atoms with E-state index in [-0.39, 0.29) is 23.2 Å². The van der Waals surface area contributed by atoms with Crippen LogP contribution < -0.4 is 0 Å². The van der Waals surface area contributed by atoms with Gasteiger partial charge in [0.15, 0.2) is 0 Å². The van der Waals surface area contributed by atoms with Crippen molar-refractivity contribution in [1.82, 2.24) is 0 Å². The van der Waals surface area contributed by atoms with Crippen LogP contribution >= 0.6 is 0 Å². The maximum atomic E-state index is 12.2. The molecule has 2 atom stereocenters. The Balaban J connectivity index is 2.48. The summed E-state index contributed by atoms with van der Waals surface area (Å²) in [7, 11) is 0. The molecule has 0 aromatic heterocycles. The second-order valence-corrected chi connectivity index (χ2v) is 5.01. The third-order valence-electron chi connectivity index (χ3n) is 3.16. The Bertz CT molecular complexity index is 589. The van der Waals surface area contributed by atoms with Crippen LogP contribution in [0.2, 0.25) is 0 Å². The molecule has 1 aromatic rings. The van der Waals surface area contributed by atoms with Crippen molar-refractivity contribution >= 4 is 12.0 Å². The van der Waals surface area contributed by atoms with Gasteiger partial charge in [-0.3, -0.25) is 0 Å². The third-order valence-corrected chi connectivity index (χ3v) is 3.16. The first-order valence-electron chi connectivity index (χ1n) is 6.75. The average molecular weight is 290 g/mol. The first-order valence-corrected chi connectivity index (χ1v) is 6.75. The lowest BCUT2D eigenvalue weighted by molar-refractivity contribution is 0.0344. The number of rotatable bonds is 0. The van der Waals surface area contributed by atoms with Crippen LogP contribution in [-0.4, -0.2) is 33.5 Å². The molecule has 5 heteroatoms. The number of carbonyl (C=O) groups is 1. The van der Waals surface area contributed by atoms with E-state index in [9.17, 15) is 20.1 Å². The van der Waals surface area contributed by atoms with Gasteiger partial charge in [-0.2, -0.15) is 0 Å². The highest BCUT2D eigenvalue weighted by Crippen LogP contribution is 2.29. The molecule has 21 heavy (non-hydrogen) atoms. The zero-order valence-electron chi connectivity index (χ0n) is 11.7. The Kier molecular flexibility index (Phi) is 4.65. The molecule has 5 nitrogen and oxygen atoms in total. The SMILES string of the molecule is C[C@@H]1C/C=C\C[C@H](O)/C=C\c2cc(O)cc(O)c2C(=O)O1. The fraction of sp³-hybridized carbons (Fsp3) is 0.312. The van der Waals surface area contributed by atoms with Crippen molar-refractivity contribution in [3.63, 3.8) is 0 Å². The van der Waals surface area contributed by atoms with Gasteiger partial charge in [0, 0.05) is 12.5 Å². The maximum Gasteiger partial charge on any atom is 0.342 e. The van der Waals surface area contributed by atoms with Gasteiger partial charge in [-0.1, -0.05) is 24.3 Å². The number of phenolic OH excluding ortho intramolecular Hbond substituents is 2. The van der Waals surface area contributed by atoms with Crippen LogP contribution in [-0.2, 0) is 4.74 Å². The predicted molar refractivity (Wildman–Crippen MR) is 78.1 cm³/mol. The van der Waals surface area contributed by atoms with E-state index in [4.69, 9.17) is 4.74 Å². The standard InChI is InChI=1S/C16H18O5/c1-10-4-2-3-5-12(17)7-6-11-8-13(18)9-14(19)15(11)16(20)21-10/h2-3,6-10,12,17-19H,4-5H2,1H3/b3-2-,7-6-/t10-,12+/m1/s1. The minimum Gasteiger partial charge on any atom is -0.508 e. The molecule has 0 bridgehead atoms. The molecule has 2 rings (SSSR count). The second-order valence-electron chi connectivity index (χ2n) is 5.01. The molecule has 0 amide bonds. The number of ether oxygens (including phenoxy) is 1. The smallest absolute Gasteiger partial charge is 0.342 e. The summed E-state index contributed by atoms with van der Waals surface area (Å²) in [6.45, 7) is 1.75. The van der Waals surface area contributed by atoms with Crippen LogP contribution in [0.3, 0.4) is 0 Å². The summed E-state index contributed by atoms with van der Waals surface area (Å²) in [5.74, 6) is -1.18. The van der Waals surface area contributed by atoms with Crippen molar-refractivity contribution in [2.45, 2.75) is 32.0 Å². The van der Waals surface area contributed by atoms with Crippen LogP contribution in [0.1, 0.15) is 35.7 Å². The number of aliphatic hydroxyl groups is 1. The molecule has 0 saturated carbocycles. The highest BCUT2D eigenvalue weighted by atomic mass is 16.5. The molecule has 0 saturated heterocycles. The second kappa shape index (κ2) is 6.45. The molecule has 1 aromatic carbocycles. The molecular weight excluding hydrogens is 272 g/mol. The molecule has 112 valence electrons. The number of esters is 1. The van der Waals surface area contributed by atoms with E-state index >= 15 is 0 Å². The first-order chi connectivity index (χ1) is 9.97. The number of hydrogen-bond donors (Lipinski definition) is 3. The molecule has 0 radical (unpaired) electrons. The number of carbonyl (C=O) groups excluding carboxylic acids is 1. The Morgan fingerprint density at radius 3 is 2.67 bits per heavy atom. The highest BCUT2D eigenvalue weighted by molar-refractivity contribution is 5.97. The highest BCUT2D eigenvalue weighted by Gasteiger charge is 2.20. The topological polar surface area (TPSA) is 87.0 Å². The molecule has 1 heterocycles. The van der Waals surface area contributed by atoms with Crippen LogP contribution in [0.4, 0.5) is 0 Å². The van der Waals surface area contributed by atoms with E-state index in [2.05, 4.69) is 0 Å². The van der Waals surface area contributed by atoms with Crippen molar-refractivity contribution in [1.29, 1.82) is 0 Å². The van der Waals surface area contributed by atoms with Gasteiger partial charge in [0.05, 0.1) is 6.10 Å².